The van der Waals surface area contributed by atoms with Crippen LogP contribution >= 0.6 is 11.6 Å². The molecule has 0 aromatic heterocycles. The summed E-state index contributed by atoms with van der Waals surface area (Å²) in [5.74, 6) is -0.753. The van der Waals surface area contributed by atoms with Crippen molar-refractivity contribution in [3.63, 3.8) is 0 Å². The van der Waals surface area contributed by atoms with Crippen molar-refractivity contribution >= 4 is 29.1 Å². The third kappa shape index (κ3) is 4.33. The number of hydrogen-bond acceptors (Lipinski definition) is 2. The summed E-state index contributed by atoms with van der Waals surface area (Å²) >= 11 is 5.86. The summed E-state index contributed by atoms with van der Waals surface area (Å²) in [5.41, 5.74) is 7.01. The lowest BCUT2D eigenvalue weighted by atomic mass is 10.1. The van der Waals surface area contributed by atoms with Gasteiger partial charge in [-0.3, -0.25) is 9.59 Å². The molecular weight excluding hydrogens is 288 g/mol. The normalized spacial score (nSPS) is 10.1. The lowest BCUT2D eigenvalue weighted by Gasteiger charge is -2.07. The van der Waals surface area contributed by atoms with Crippen LogP contribution in [0.3, 0.4) is 0 Å². The number of carbonyl (C=O) groups is 2. The van der Waals surface area contributed by atoms with Crippen molar-refractivity contribution in [1.29, 1.82) is 0 Å². The quantitative estimate of drug-likeness (QED) is 0.891. The van der Waals surface area contributed by atoms with Gasteiger partial charge in [0.25, 0.3) is 0 Å². The maximum atomic E-state index is 11.9. The monoisotopic (exact) mass is 302 g/mol. The summed E-state index contributed by atoms with van der Waals surface area (Å²) < 4.78 is 0. The Morgan fingerprint density at radius 3 is 2.48 bits per heavy atom. The number of nitrogens with one attached hydrogen (secondary N) is 1. The molecule has 0 saturated carbocycles. The molecule has 5 heteroatoms. The number of amides is 2. The van der Waals surface area contributed by atoms with E-state index in [2.05, 4.69) is 5.32 Å². The van der Waals surface area contributed by atoms with Crippen LogP contribution in [0.15, 0.2) is 48.5 Å². The molecule has 0 aliphatic rings. The van der Waals surface area contributed by atoms with Gasteiger partial charge in [-0.25, -0.2) is 0 Å². The molecule has 0 saturated heterocycles. The highest BCUT2D eigenvalue weighted by molar-refractivity contribution is 6.33. The molecule has 0 atom stereocenters. The Bertz CT molecular complexity index is 657. The number of hydrogen-bond donors (Lipinski definition) is 2. The molecule has 21 heavy (non-hydrogen) atoms. The Morgan fingerprint density at radius 1 is 1.10 bits per heavy atom. The molecule has 2 aromatic carbocycles. The van der Waals surface area contributed by atoms with Gasteiger partial charge >= 0.3 is 0 Å². The molecule has 0 radical (unpaired) electrons. The van der Waals surface area contributed by atoms with E-state index in [4.69, 9.17) is 17.3 Å². The van der Waals surface area contributed by atoms with Crippen LogP contribution in [0.1, 0.15) is 22.3 Å². The molecule has 2 amide bonds. The number of benzene rings is 2. The van der Waals surface area contributed by atoms with Gasteiger partial charge in [-0.15, -0.1) is 0 Å². The molecule has 2 rings (SSSR count). The Kier molecular flexibility index (Phi) is 4.95. The number of halogens is 1. The number of aryl methyl sites for hydroxylation is 1. The van der Waals surface area contributed by atoms with Crippen molar-refractivity contribution in [2.45, 2.75) is 12.8 Å². The first-order valence-electron chi connectivity index (χ1n) is 6.49. The van der Waals surface area contributed by atoms with Gasteiger partial charge in [0, 0.05) is 12.1 Å². The molecule has 108 valence electrons. The highest BCUT2D eigenvalue weighted by atomic mass is 35.5. The third-order valence-electron chi connectivity index (χ3n) is 3.00. The molecule has 3 N–H and O–H groups in total. The molecule has 0 fully saturated rings. The van der Waals surface area contributed by atoms with Gasteiger partial charge in [0.1, 0.15) is 0 Å². The first-order valence-corrected chi connectivity index (χ1v) is 6.87. The van der Waals surface area contributed by atoms with Crippen LogP contribution in [0.2, 0.25) is 5.02 Å². The smallest absolute Gasteiger partial charge is 0.250 e. The predicted octanol–water partition coefficient (Wildman–Crippen LogP) is 3.01. The van der Waals surface area contributed by atoms with E-state index in [0.717, 1.165) is 5.56 Å². The van der Waals surface area contributed by atoms with Crippen LogP contribution < -0.4 is 11.1 Å². The number of primary amides is 1. The second kappa shape index (κ2) is 6.90. The number of rotatable bonds is 5. The summed E-state index contributed by atoms with van der Waals surface area (Å²) in [6.07, 6.45) is 1.02. The van der Waals surface area contributed by atoms with Crippen LogP contribution in [0.4, 0.5) is 5.69 Å². The highest BCUT2D eigenvalue weighted by Gasteiger charge is 2.09. The molecule has 0 heterocycles. The lowest BCUT2D eigenvalue weighted by Crippen LogP contribution is -2.15. The predicted molar refractivity (Wildman–Crippen MR) is 83.4 cm³/mol. The van der Waals surface area contributed by atoms with E-state index in [9.17, 15) is 9.59 Å². The summed E-state index contributed by atoms with van der Waals surface area (Å²) in [6, 6.07) is 14.4. The van der Waals surface area contributed by atoms with E-state index >= 15 is 0 Å². The van der Waals surface area contributed by atoms with Gasteiger partial charge in [0.15, 0.2) is 0 Å². The first-order chi connectivity index (χ1) is 10.1. The standard InChI is InChI=1S/C16H15ClN2O2/c17-14-8-7-12(10-13(14)16(18)21)19-15(20)9-6-11-4-2-1-3-5-11/h1-5,7-8,10H,6,9H2,(H2,18,21)(H,19,20). The molecule has 0 aliphatic carbocycles. The van der Waals surface area contributed by atoms with Gasteiger partial charge in [0.2, 0.25) is 11.8 Å². The van der Waals surface area contributed by atoms with Gasteiger partial charge in [-0.2, -0.15) is 0 Å². The molecule has 4 nitrogen and oxygen atoms in total. The van der Waals surface area contributed by atoms with E-state index in [1.807, 2.05) is 30.3 Å². The average molecular weight is 303 g/mol. The first kappa shape index (κ1) is 15.1. The summed E-state index contributed by atoms with van der Waals surface area (Å²) in [6.45, 7) is 0. The fourth-order valence-corrected chi connectivity index (χ4v) is 2.13. The van der Waals surface area contributed by atoms with Gasteiger partial charge in [0.05, 0.1) is 10.6 Å². The highest BCUT2D eigenvalue weighted by Crippen LogP contribution is 2.20. The van der Waals surface area contributed by atoms with E-state index in [-0.39, 0.29) is 16.5 Å². The second-order valence-electron chi connectivity index (χ2n) is 4.59. The molecule has 0 spiro atoms. The fraction of sp³-hybridized carbons (Fsp3) is 0.125. The molecule has 2 aromatic rings. The van der Waals surface area contributed by atoms with E-state index in [1.165, 1.54) is 12.1 Å². The second-order valence-corrected chi connectivity index (χ2v) is 5.00. The zero-order chi connectivity index (χ0) is 15.2. The molecule has 0 aliphatic heterocycles. The van der Waals surface area contributed by atoms with Gasteiger partial charge in [-0.05, 0) is 30.2 Å². The zero-order valence-electron chi connectivity index (χ0n) is 11.3. The molecule has 0 bridgehead atoms. The Labute approximate surface area is 127 Å². The van der Waals surface area contributed by atoms with Crippen molar-refractivity contribution in [3.05, 3.63) is 64.7 Å². The minimum absolute atomic E-state index is 0.128. The lowest BCUT2D eigenvalue weighted by molar-refractivity contribution is -0.116. The number of nitrogens with two attached hydrogens (primary N) is 1. The van der Waals surface area contributed by atoms with Crippen LogP contribution in [0.25, 0.3) is 0 Å². The Hall–Kier alpha value is -2.33. The van der Waals surface area contributed by atoms with Gasteiger partial charge < -0.3 is 11.1 Å². The third-order valence-corrected chi connectivity index (χ3v) is 3.33. The Morgan fingerprint density at radius 2 is 1.81 bits per heavy atom. The maximum Gasteiger partial charge on any atom is 0.250 e. The molecular formula is C16H15ClN2O2. The minimum Gasteiger partial charge on any atom is -0.366 e. The van der Waals surface area contributed by atoms with Crippen molar-refractivity contribution in [2.24, 2.45) is 5.73 Å². The van der Waals surface area contributed by atoms with Crippen LogP contribution in [-0.4, -0.2) is 11.8 Å². The van der Waals surface area contributed by atoms with Gasteiger partial charge in [-0.1, -0.05) is 41.9 Å². The summed E-state index contributed by atoms with van der Waals surface area (Å²) in [4.78, 5) is 23.1. The van der Waals surface area contributed by atoms with Crippen LogP contribution in [-0.2, 0) is 11.2 Å². The minimum atomic E-state index is -0.625. The fourth-order valence-electron chi connectivity index (χ4n) is 1.92. The van der Waals surface area contributed by atoms with Crippen molar-refractivity contribution in [3.8, 4) is 0 Å². The maximum absolute atomic E-state index is 11.9. The Balaban J connectivity index is 1.97. The summed E-state index contributed by atoms with van der Waals surface area (Å²) in [5, 5.41) is 3.00. The van der Waals surface area contributed by atoms with E-state index < -0.39 is 5.91 Å². The van der Waals surface area contributed by atoms with Crippen molar-refractivity contribution < 1.29 is 9.59 Å². The molecule has 0 unspecified atom stereocenters. The van der Waals surface area contributed by atoms with Crippen LogP contribution in [0.5, 0.6) is 0 Å². The van der Waals surface area contributed by atoms with E-state index in [1.54, 1.807) is 6.07 Å². The number of anilines is 1. The zero-order valence-corrected chi connectivity index (χ0v) is 12.1. The van der Waals surface area contributed by atoms with E-state index in [0.29, 0.717) is 18.5 Å². The van der Waals surface area contributed by atoms with Crippen molar-refractivity contribution in [1.82, 2.24) is 0 Å². The topological polar surface area (TPSA) is 72.2 Å². The largest absolute Gasteiger partial charge is 0.366 e. The summed E-state index contributed by atoms with van der Waals surface area (Å²) in [7, 11) is 0. The number of carbonyl (C=O) groups excluding carboxylic acids is 2. The van der Waals surface area contributed by atoms with Crippen molar-refractivity contribution in [2.75, 3.05) is 5.32 Å². The van der Waals surface area contributed by atoms with Crippen LogP contribution in [0, 0.1) is 0 Å². The average Bonchev–Trinajstić information content (AvgIpc) is 2.48. The SMILES string of the molecule is NC(=O)c1cc(NC(=O)CCc2ccccc2)ccc1Cl.